The number of esters is 3. The number of benzene rings is 1. The van der Waals surface area contributed by atoms with Gasteiger partial charge in [0.05, 0.1) is 17.2 Å². The van der Waals surface area contributed by atoms with Gasteiger partial charge in [-0.3, -0.25) is 24.0 Å². The Bertz CT molecular complexity index is 1240. The number of ketones is 2. The molecule has 3 rings (SSSR count). The van der Waals surface area contributed by atoms with E-state index in [-0.39, 0.29) is 29.7 Å². The van der Waals surface area contributed by atoms with Gasteiger partial charge in [-0.05, 0) is 38.5 Å². The highest BCUT2D eigenvalue weighted by molar-refractivity contribution is 6.27. The van der Waals surface area contributed by atoms with Gasteiger partial charge < -0.3 is 33.9 Å². The third kappa shape index (κ3) is 6.89. The van der Waals surface area contributed by atoms with Crippen molar-refractivity contribution in [3.05, 3.63) is 46.6 Å². The van der Waals surface area contributed by atoms with Crippen molar-refractivity contribution in [2.75, 3.05) is 6.61 Å². The Morgan fingerprint density at radius 2 is 1.51 bits per heavy atom. The van der Waals surface area contributed by atoms with Crippen LogP contribution in [0.5, 0.6) is 11.5 Å². The lowest BCUT2D eigenvalue weighted by Crippen LogP contribution is -2.43. The molecule has 39 heavy (non-hydrogen) atoms. The van der Waals surface area contributed by atoms with Crippen molar-refractivity contribution in [3.8, 4) is 11.5 Å². The molecule has 1 heterocycles. The minimum atomic E-state index is -1.42. The molecule has 1 aliphatic heterocycles. The monoisotopic (exact) mass is 546 g/mol. The van der Waals surface area contributed by atoms with E-state index in [2.05, 4.69) is 0 Å². The lowest BCUT2D eigenvalue weighted by molar-refractivity contribution is -0.200. The molecule has 0 saturated carbocycles. The molecule has 2 aliphatic rings. The summed E-state index contributed by atoms with van der Waals surface area (Å²) in [6.45, 7) is 6.68. The molecule has 0 bridgehead atoms. The number of fused-ring (bicyclic) bond motifs is 1. The van der Waals surface area contributed by atoms with Crippen LogP contribution >= 0.6 is 0 Å². The SMILES string of the molecule is CC(=O)OC[C@H]1O[C@@H](O[C@H](CC=C(C)C)C2=CC(=O)c3c(O)ccc(O)c3C2=O)[C@@H](OC(C)=O)[C@@H]1OC(C)=O. The predicted octanol–water partition coefficient (Wildman–Crippen LogP) is 2.30. The first-order chi connectivity index (χ1) is 18.3. The molecule has 0 unspecified atom stereocenters. The highest BCUT2D eigenvalue weighted by Gasteiger charge is 2.51. The zero-order chi connectivity index (χ0) is 29.0. The molecule has 12 nitrogen and oxygen atoms in total. The molecule has 1 aromatic carbocycles. The van der Waals surface area contributed by atoms with Crippen LogP contribution in [-0.4, -0.2) is 77.0 Å². The summed E-state index contributed by atoms with van der Waals surface area (Å²) in [5.74, 6) is -4.57. The Hall–Kier alpha value is -4.03. The number of phenolic OH excluding ortho intramolecular Hbond substituents is 2. The van der Waals surface area contributed by atoms with E-state index in [1.807, 2.05) is 0 Å². The molecule has 1 saturated heterocycles. The Labute approximate surface area is 224 Å². The maximum absolute atomic E-state index is 13.5. The van der Waals surface area contributed by atoms with Gasteiger partial charge in [0.2, 0.25) is 0 Å². The average Bonchev–Trinajstić information content (AvgIpc) is 3.13. The number of phenols is 2. The van der Waals surface area contributed by atoms with Gasteiger partial charge >= 0.3 is 17.9 Å². The third-order valence-electron chi connectivity index (χ3n) is 5.89. The number of rotatable bonds is 9. The maximum Gasteiger partial charge on any atom is 0.303 e. The molecule has 12 heteroatoms. The molecule has 0 aromatic heterocycles. The van der Waals surface area contributed by atoms with Crippen molar-refractivity contribution < 1.29 is 57.9 Å². The molecule has 5 atom stereocenters. The highest BCUT2D eigenvalue weighted by Crippen LogP contribution is 2.38. The highest BCUT2D eigenvalue weighted by atomic mass is 16.7. The number of hydrogen-bond acceptors (Lipinski definition) is 12. The zero-order valence-corrected chi connectivity index (χ0v) is 22.1. The van der Waals surface area contributed by atoms with Crippen molar-refractivity contribution in [3.63, 3.8) is 0 Å². The van der Waals surface area contributed by atoms with Crippen LogP contribution in [0.25, 0.3) is 0 Å². The summed E-state index contributed by atoms with van der Waals surface area (Å²) < 4.78 is 27.7. The van der Waals surface area contributed by atoms with Gasteiger partial charge in [-0.25, -0.2) is 0 Å². The summed E-state index contributed by atoms with van der Waals surface area (Å²) in [6, 6.07) is 2.19. The van der Waals surface area contributed by atoms with Gasteiger partial charge in [0.1, 0.15) is 24.2 Å². The second-order valence-electron chi connectivity index (χ2n) is 9.28. The van der Waals surface area contributed by atoms with Crippen molar-refractivity contribution in [1.82, 2.24) is 0 Å². The van der Waals surface area contributed by atoms with Crippen molar-refractivity contribution in [2.45, 2.75) is 71.7 Å². The van der Waals surface area contributed by atoms with Crippen LogP contribution in [0.3, 0.4) is 0 Å². The average molecular weight is 547 g/mol. The first-order valence-electron chi connectivity index (χ1n) is 12.1. The predicted molar refractivity (Wildman–Crippen MR) is 132 cm³/mol. The van der Waals surface area contributed by atoms with E-state index >= 15 is 0 Å². The normalized spacial score (nSPS) is 22.8. The van der Waals surface area contributed by atoms with E-state index < -0.39 is 71.7 Å². The zero-order valence-electron chi connectivity index (χ0n) is 22.1. The van der Waals surface area contributed by atoms with Gasteiger partial charge in [0.25, 0.3) is 0 Å². The minimum absolute atomic E-state index is 0.0571. The van der Waals surface area contributed by atoms with Crippen LogP contribution in [0.15, 0.2) is 35.4 Å². The Morgan fingerprint density at radius 1 is 0.923 bits per heavy atom. The van der Waals surface area contributed by atoms with Gasteiger partial charge in [0, 0.05) is 26.3 Å². The Balaban J connectivity index is 2.02. The summed E-state index contributed by atoms with van der Waals surface area (Å²) >= 11 is 0. The summed E-state index contributed by atoms with van der Waals surface area (Å²) in [5.41, 5.74) is -0.00804. The van der Waals surface area contributed by atoms with Crippen molar-refractivity contribution in [2.24, 2.45) is 0 Å². The molecule has 0 amide bonds. The largest absolute Gasteiger partial charge is 0.507 e. The van der Waals surface area contributed by atoms with Crippen molar-refractivity contribution >= 4 is 29.5 Å². The van der Waals surface area contributed by atoms with Crippen LogP contribution in [-0.2, 0) is 38.1 Å². The summed E-state index contributed by atoms with van der Waals surface area (Å²) in [7, 11) is 0. The van der Waals surface area contributed by atoms with Gasteiger partial charge in [-0.1, -0.05) is 11.6 Å². The number of ether oxygens (including phenoxy) is 5. The Morgan fingerprint density at radius 3 is 2.08 bits per heavy atom. The molecular formula is C27H30O12. The van der Waals surface area contributed by atoms with E-state index in [1.165, 1.54) is 6.92 Å². The van der Waals surface area contributed by atoms with Crippen LogP contribution in [0.4, 0.5) is 0 Å². The third-order valence-corrected chi connectivity index (χ3v) is 5.89. The first-order valence-corrected chi connectivity index (χ1v) is 12.1. The molecule has 1 aliphatic carbocycles. The maximum atomic E-state index is 13.5. The standard InChI is InChI=1S/C27H30O12/c1-12(2)6-9-20(16-10-19(33)22-17(31)7-8-18(32)23(22)24(16)34)38-27-26(37-15(5)30)25(36-14(4)29)21(39-27)11-35-13(3)28/h6-8,10,20-21,25-27,31-32H,9,11H2,1-5H3/t20-,21-,25-,26+,27-/m1/s1. The van der Waals surface area contributed by atoms with E-state index in [0.29, 0.717) is 0 Å². The lowest BCUT2D eigenvalue weighted by atomic mass is 9.85. The van der Waals surface area contributed by atoms with Crippen LogP contribution in [0.1, 0.15) is 61.8 Å². The molecule has 1 fully saturated rings. The quantitative estimate of drug-likeness (QED) is 0.201. The summed E-state index contributed by atoms with van der Waals surface area (Å²) in [5, 5.41) is 20.5. The van der Waals surface area contributed by atoms with E-state index in [9.17, 15) is 34.2 Å². The molecule has 210 valence electrons. The number of hydrogen-bond donors (Lipinski definition) is 2. The van der Waals surface area contributed by atoms with E-state index in [1.54, 1.807) is 19.9 Å². The van der Waals surface area contributed by atoms with Crippen LogP contribution in [0.2, 0.25) is 0 Å². The fourth-order valence-corrected chi connectivity index (χ4v) is 4.27. The molecule has 0 radical (unpaired) electrons. The number of carbonyl (C=O) groups excluding carboxylic acids is 5. The molecule has 0 spiro atoms. The smallest absolute Gasteiger partial charge is 0.303 e. The molecule has 2 N–H and O–H groups in total. The number of carbonyl (C=O) groups is 5. The first kappa shape index (κ1) is 29.5. The number of allylic oxidation sites excluding steroid dienone is 2. The van der Waals surface area contributed by atoms with Crippen molar-refractivity contribution in [1.29, 1.82) is 0 Å². The Kier molecular flexibility index (Phi) is 9.25. The lowest BCUT2D eigenvalue weighted by Gasteiger charge is -2.28. The van der Waals surface area contributed by atoms with Gasteiger partial charge in [-0.15, -0.1) is 0 Å². The van der Waals surface area contributed by atoms with E-state index in [0.717, 1.165) is 37.6 Å². The molecular weight excluding hydrogens is 516 g/mol. The van der Waals surface area contributed by atoms with Crippen LogP contribution in [0, 0.1) is 0 Å². The second kappa shape index (κ2) is 12.2. The topological polar surface area (TPSA) is 172 Å². The van der Waals surface area contributed by atoms with Gasteiger partial charge in [0.15, 0.2) is 30.1 Å². The van der Waals surface area contributed by atoms with E-state index in [4.69, 9.17) is 23.7 Å². The fourth-order valence-electron chi connectivity index (χ4n) is 4.27. The number of Topliss-reactive ketones (excluding diaryl/α,β-unsaturated/α-hetero) is 1. The van der Waals surface area contributed by atoms with Gasteiger partial charge in [-0.2, -0.15) is 0 Å². The second-order valence-corrected chi connectivity index (χ2v) is 9.28. The summed E-state index contributed by atoms with van der Waals surface area (Å²) in [4.78, 5) is 61.5. The summed E-state index contributed by atoms with van der Waals surface area (Å²) in [6.07, 6.45) is -3.42. The minimum Gasteiger partial charge on any atom is -0.507 e. The number of aromatic hydroxyl groups is 2. The molecule has 1 aromatic rings. The van der Waals surface area contributed by atoms with Crippen LogP contribution < -0.4 is 0 Å². The fraction of sp³-hybridized carbons (Fsp3) is 0.444.